The molecule has 0 saturated heterocycles. The number of amides is 2. The summed E-state index contributed by atoms with van der Waals surface area (Å²) in [6.45, 7) is 2.48. The quantitative estimate of drug-likeness (QED) is 0.168. The first-order valence-electron chi connectivity index (χ1n) is 13.0. The van der Waals surface area contributed by atoms with Crippen molar-refractivity contribution in [2.75, 3.05) is 25.6 Å². The summed E-state index contributed by atoms with van der Waals surface area (Å²) in [4.78, 5) is 24.9. The molecule has 0 saturated carbocycles. The van der Waals surface area contributed by atoms with Gasteiger partial charge in [0.05, 0.1) is 19.9 Å². The third-order valence-corrected chi connectivity index (χ3v) is 5.73. The number of carbonyl (C=O) groups excluding carboxylic acids is 2. The van der Waals surface area contributed by atoms with Crippen LogP contribution in [0.25, 0.3) is 0 Å². The summed E-state index contributed by atoms with van der Waals surface area (Å²) in [5, 5.41) is 6.82. The summed E-state index contributed by atoms with van der Waals surface area (Å²) >= 11 is 0. The van der Waals surface area contributed by atoms with Crippen LogP contribution in [0.5, 0.6) is 23.0 Å². The summed E-state index contributed by atoms with van der Waals surface area (Å²) in [5.74, 6) is 1.12. The molecule has 2 amide bonds. The van der Waals surface area contributed by atoms with Crippen molar-refractivity contribution in [1.82, 2.24) is 5.43 Å². The largest absolute Gasteiger partial charge is 0.493 e. The van der Waals surface area contributed by atoms with Crippen LogP contribution in [0.4, 0.5) is 5.69 Å². The maximum absolute atomic E-state index is 12.7. The molecule has 0 atom stereocenters. The molecule has 9 heteroatoms. The third kappa shape index (κ3) is 8.59. The molecule has 0 aliphatic carbocycles. The number of hydrogen-bond donors (Lipinski definition) is 2. The van der Waals surface area contributed by atoms with Crippen LogP contribution < -0.4 is 29.7 Å². The summed E-state index contributed by atoms with van der Waals surface area (Å²) < 4.78 is 22.6. The van der Waals surface area contributed by atoms with E-state index in [2.05, 4.69) is 15.8 Å². The van der Waals surface area contributed by atoms with Gasteiger partial charge >= 0.3 is 0 Å². The minimum atomic E-state index is -0.409. The number of methoxy groups -OCH3 is 1. The Kier molecular flexibility index (Phi) is 10.3. The second-order valence-corrected chi connectivity index (χ2v) is 8.68. The van der Waals surface area contributed by atoms with Crippen LogP contribution in [-0.2, 0) is 11.4 Å². The Morgan fingerprint density at radius 3 is 2.22 bits per heavy atom. The lowest BCUT2D eigenvalue weighted by atomic mass is 10.2. The Bertz CT molecular complexity index is 1480. The van der Waals surface area contributed by atoms with E-state index in [-0.39, 0.29) is 12.5 Å². The number of ether oxygens (including phenoxy) is 4. The second-order valence-electron chi connectivity index (χ2n) is 8.68. The van der Waals surface area contributed by atoms with E-state index in [1.165, 1.54) is 13.3 Å². The number of anilines is 1. The Morgan fingerprint density at radius 1 is 0.780 bits per heavy atom. The Morgan fingerprint density at radius 2 is 1.49 bits per heavy atom. The maximum atomic E-state index is 12.7. The number of para-hydroxylation sites is 1. The van der Waals surface area contributed by atoms with Gasteiger partial charge in [-0.25, -0.2) is 5.43 Å². The Balaban J connectivity index is 1.33. The van der Waals surface area contributed by atoms with Crippen LogP contribution in [0.1, 0.15) is 28.4 Å². The van der Waals surface area contributed by atoms with Gasteiger partial charge in [-0.3, -0.25) is 9.59 Å². The molecule has 4 aromatic carbocycles. The summed E-state index contributed by atoms with van der Waals surface area (Å²) in [6, 6.07) is 29.0. The van der Waals surface area contributed by atoms with Crippen molar-refractivity contribution in [3.05, 3.63) is 114 Å². The Labute approximate surface area is 238 Å². The van der Waals surface area contributed by atoms with Crippen LogP contribution in [-0.4, -0.2) is 38.4 Å². The van der Waals surface area contributed by atoms with Gasteiger partial charge in [0.2, 0.25) is 0 Å². The molecule has 0 unspecified atom stereocenters. The van der Waals surface area contributed by atoms with Crippen LogP contribution in [0, 0.1) is 0 Å². The minimum Gasteiger partial charge on any atom is -0.493 e. The van der Waals surface area contributed by atoms with E-state index in [0.29, 0.717) is 53.0 Å². The molecule has 0 aliphatic rings. The zero-order chi connectivity index (χ0) is 28.9. The van der Waals surface area contributed by atoms with Gasteiger partial charge in [0.15, 0.2) is 29.6 Å². The number of hydrazone groups is 1. The van der Waals surface area contributed by atoms with Crippen molar-refractivity contribution < 1.29 is 28.5 Å². The van der Waals surface area contributed by atoms with E-state index < -0.39 is 5.91 Å². The highest BCUT2D eigenvalue weighted by Gasteiger charge is 2.12. The predicted octanol–water partition coefficient (Wildman–Crippen LogP) is 5.45. The average molecular weight is 554 g/mol. The van der Waals surface area contributed by atoms with Crippen molar-refractivity contribution >= 4 is 23.7 Å². The zero-order valence-corrected chi connectivity index (χ0v) is 22.8. The third-order valence-electron chi connectivity index (χ3n) is 5.73. The number of carbonyl (C=O) groups is 2. The van der Waals surface area contributed by atoms with E-state index in [9.17, 15) is 9.59 Å². The number of hydrogen-bond acceptors (Lipinski definition) is 7. The van der Waals surface area contributed by atoms with E-state index in [0.717, 1.165) is 5.56 Å². The molecular weight excluding hydrogens is 522 g/mol. The first-order chi connectivity index (χ1) is 20.1. The fourth-order valence-corrected chi connectivity index (χ4v) is 3.75. The van der Waals surface area contributed by atoms with Crippen LogP contribution >= 0.6 is 0 Å². The minimum absolute atomic E-state index is 0.186. The average Bonchev–Trinajstić information content (AvgIpc) is 3.00. The van der Waals surface area contributed by atoms with Crippen molar-refractivity contribution in [1.29, 1.82) is 0 Å². The van der Waals surface area contributed by atoms with Crippen molar-refractivity contribution in [2.24, 2.45) is 5.10 Å². The fourth-order valence-electron chi connectivity index (χ4n) is 3.75. The zero-order valence-electron chi connectivity index (χ0n) is 22.8. The topological polar surface area (TPSA) is 107 Å². The monoisotopic (exact) mass is 553 g/mol. The van der Waals surface area contributed by atoms with Gasteiger partial charge in [0.25, 0.3) is 11.8 Å². The molecule has 0 radical (unpaired) electrons. The molecule has 0 fully saturated rings. The van der Waals surface area contributed by atoms with E-state index in [1.807, 2.05) is 55.5 Å². The maximum Gasteiger partial charge on any atom is 0.271 e. The predicted molar refractivity (Wildman–Crippen MR) is 157 cm³/mol. The van der Waals surface area contributed by atoms with Crippen LogP contribution in [0.3, 0.4) is 0 Å². The Hall–Kier alpha value is -5.31. The highest BCUT2D eigenvalue weighted by molar-refractivity contribution is 5.95. The SMILES string of the molecule is CCOc1cc(C(=O)N/N=C/c2ccc(OCC(=O)Nc3ccccc3)c(OC)c2)ccc1OCc1ccccc1. The molecule has 41 heavy (non-hydrogen) atoms. The van der Waals surface area contributed by atoms with Gasteiger partial charge in [0.1, 0.15) is 6.61 Å². The standard InChI is InChI=1S/C32H31N3O6/c1-3-39-30-19-25(15-17-28(30)40-21-23-10-6-4-7-11-23)32(37)35-33-20-24-14-16-27(29(18-24)38-2)41-22-31(36)34-26-12-8-5-9-13-26/h4-20H,3,21-22H2,1-2H3,(H,34,36)(H,35,37)/b33-20+. The molecule has 9 nitrogen and oxygen atoms in total. The molecule has 2 N–H and O–H groups in total. The van der Waals surface area contributed by atoms with Crippen LogP contribution in [0.15, 0.2) is 102 Å². The first-order valence-corrected chi connectivity index (χ1v) is 13.0. The van der Waals surface area contributed by atoms with Crippen molar-refractivity contribution in [3.8, 4) is 23.0 Å². The molecule has 0 bridgehead atoms. The smallest absolute Gasteiger partial charge is 0.271 e. The van der Waals surface area contributed by atoms with Gasteiger partial charge < -0.3 is 24.3 Å². The molecule has 4 rings (SSSR count). The second kappa shape index (κ2) is 14.7. The van der Waals surface area contributed by atoms with Gasteiger partial charge in [-0.2, -0.15) is 5.10 Å². The van der Waals surface area contributed by atoms with Gasteiger partial charge in [-0.05, 0) is 66.6 Å². The molecule has 0 heterocycles. The van der Waals surface area contributed by atoms with Crippen molar-refractivity contribution in [2.45, 2.75) is 13.5 Å². The highest BCUT2D eigenvalue weighted by Crippen LogP contribution is 2.30. The lowest BCUT2D eigenvalue weighted by Crippen LogP contribution is -2.20. The fraction of sp³-hybridized carbons (Fsp3) is 0.156. The summed E-state index contributed by atoms with van der Waals surface area (Å²) in [7, 11) is 1.50. The summed E-state index contributed by atoms with van der Waals surface area (Å²) in [6.07, 6.45) is 1.48. The lowest BCUT2D eigenvalue weighted by molar-refractivity contribution is -0.118. The number of rotatable bonds is 13. The molecule has 0 spiro atoms. The van der Waals surface area contributed by atoms with Gasteiger partial charge in [-0.1, -0.05) is 48.5 Å². The molecule has 0 aliphatic heterocycles. The number of benzene rings is 4. The van der Waals surface area contributed by atoms with Gasteiger partial charge in [-0.15, -0.1) is 0 Å². The van der Waals surface area contributed by atoms with E-state index >= 15 is 0 Å². The van der Waals surface area contributed by atoms with Crippen molar-refractivity contribution in [3.63, 3.8) is 0 Å². The molecule has 4 aromatic rings. The number of nitrogens with zero attached hydrogens (tertiary/aromatic N) is 1. The number of nitrogens with one attached hydrogen (secondary N) is 2. The first kappa shape index (κ1) is 28.7. The highest BCUT2D eigenvalue weighted by atomic mass is 16.5. The van der Waals surface area contributed by atoms with Crippen LogP contribution in [0.2, 0.25) is 0 Å². The molecule has 0 aromatic heterocycles. The lowest BCUT2D eigenvalue weighted by Gasteiger charge is -2.13. The summed E-state index contributed by atoms with van der Waals surface area (Å²) in [5.41, 5.74) is 5.25. The normalized spacial score (nSPS) is 10.6. The van der Waals surface area contributed by atoms with E-state index in [4.69, 9.17) is 18.9 Å². The van der Waals surface area contributed by atoms with E-state index in [1.54, 1.807) is 48.5 Å². The van der Waals surface area contributed by atoms with Gasteiger partial charge in [0, 0.05) is 11.3 Å². The molecular formula is C32H31N3O6. The molecule has 210 valence electrons.